The van der Waals surface area contributed by atoms with Crippen LogP contribution < -0.4 is 4.90 Å². The molecule has 1 unspecified atom stereocenters. The van der Waals surface area contributed by atoms with Gasteiger partial charge in [0.15, 0.2) is 0 Å². The van der Waals surface area contributed by atoms with Crippen LogP contribution in [0, 0.1) is 0 Å². The summed E-state index contributed by atoms with van der Waals surface area (Å²) < 4.78 is 0. The highest BCUT2D eigenvalue weighted by atomic mass is 16.3. The fourth-order valence-corrected chi connectivity index (χ4v) is 2.82. The van der Waals surface area contributed by atoms with E-state index in [0.29, 0.717) is 6.04 Å². The second-order valence-electron chi connectivity index (χ2n) is 5.80. The van der Waals surface area contributed by atoms with Gasteiger partial charge < -0.3 is 10.0 Å². The highest BCUT2D eigenvalue weighted by molar-refractivity contribution is 5.48. The van der Waals surface area contributed by atoms with E-state index < -0.39 is 0 Å². The second-order valence-corrected chi connectivity index (χ2v) is 5.80. The summed E-state index contributed by atoms with van der Waals surface area (Å²) in [5.41, 5.74) is 2.30. The second kappa shape index (κ2) is 7.09. The molecule has 1 N–H and O–H groups in total. The van der Waals surface area contributed by atoms with E-state index in [1.165, 1.54) is 12.1 Å². The van der Waals surface area contributed by atoms with Crippen LogP contribution in [-0.2, 0) is 0 Å². The predicted octanol–water partition coefficient (Wildman–Crippen LogP) is 3.05. The van der Waals surface area contributed by atoms with Crippen LogP contribution >= 0.6 is 0 Å². The summed E-state index contributed by atoms with van der Waals surface area (Å²) in [6.45, 7) is 11.1. The summed E-state index contributed by atoms with van der Waals surface area (Å²) in [5, 5.41) is 9.83. The van der Waals surface area contributed by atoms with Gasteiger partial charge in [-0.2, -0.15) is 0 Å². The summed E-state index contributed by atoms with van der Waals surface area (Å²) in [6, 6.07) is 9.11. The number of aliphatic hydroxyl groups is 1. The molecule has 0 spiro atoms. The van der Waals surface area contributed by atoms with Crippen LogP contribution in [0.1, 0.15) is 45.3 Å². The van der Waals surface area contributed by atoms with Crippen molar-refractivity contribution in [2.45, 2.75) is 45.8 Å². The maximum atomic E-state index is 9.83. The van der Waals surface area contributed by atoms with Crippen molar-refractivity contribution < 1.29 is 5.11 Å². The number of benzene rings is 1. The first-order chi connectivity index (χ1) is 9.65. The first kappa shape index (κ1) is 15.3. The van der Waals surface area contributed by atoms with Gasteiger partial charge in [-0.25, -0.2) is 0 Å². The summed E-state index contributed by atoms with van der Waals surface area (Å²) in [5.74, 6) is 0. The van der Waals surface area contributed by atoms with Gasteiger partial charge in [-0.3, -0.25) is 4.90 Å². The Morgan fingerprint density at radius 2 is 1.60 bits per heavy atom. The molecule has 3 nitrogen and oxygen atoms in total. The van der Waals surface area contributed by atoms with Gasteiger partial charge in [0.1, 0.15) is 0 Å². The molecule has 1 heterocycles. The lowest BCUT2D eigenvalue weighted by Gasteiger charge is -2.39. The number of nitrogens with zero attached hydrogens (tertiary/aromatic N) is 2. The van der Waals surface area contributed by atoms with Crippen molar-refractivity contribution in [1.82, 2.24) is 4.90 Å². The van der Waals surface area contributed by atoms with Crippen molar-refractivity contribution in [2.24, 2.45) is 0 Å². The Morgan fingerprint density at radius 3 is 2.10 bits per heavy atom. The Bertz CT molecular complexity index is 396. The highest BCUT2D eigenvalue weighted by Crippen LogP contribution is 2.22. The lowest BCUT2D eigenvalue weighted by molar-refractivity contribution is 0.173. The molecule has 0 radical (unpaired) electrons. The normalized spacial score (nSPS) is 19.9. The standard InChI is InChI=1S/C17H28N2O/c1-4-14(3)18-10-12-19(13-11-18)16-8-6-15(7-9-16)17(20)5-2/h6-9,14,17,20H,4-5,10-13H2,1-3H3/t14?,17-/m1/s1. The third kappa shape index (κ3) is 3.53. The predicted molar refractivity (Wildman–Crippen MR) is 85.2 cm³/mol. The third-order valence-electron chi connectivity index (χ3n) is 4.56. The molecule has 1 aliphatic rings. The molecule has 0 saturated carbocycles. The highest BCUT2D eigenvalue weighted by Gasteiger charge is 2.20. The molecular weight excluding hydrogens is 248 g/mol. The van der Waals surface area contributed by atoms with Crippen LogP contribution in [0.3, 0.4) is 0 Å². The number of hydrogen-bond donors (Lipinski definition) is 1. The first-order valence-corrected chi connectivity index (χ1v) is 7.92. The smallest absolute Gasteiger partial charge is 0.0787 e. The molecule has 1 aromatic carbocycles. The third-order valence-corrected chi connectivity index (χ3v) is 4.56. The Labute approximate surface area is 123 Å². The van der Waals surface area contributed by atoms with Crippen molar-refractivity contribution in [3.8, 4) is 0 Å². The Balaban J connectivity index is 1.93. The van der Waals surface area contributed by atoms with E-state index in [-0.39, 0.29) is 6.10 Å². The largest absolute Gasteiger partial charge is 0.388 e. The van der Waals surface area contributed by atoms with E-state index in [0.717, 1.165) is 38.2 Å². The molecule has 112 valence electrons. The van der Waals surface area contributed by atoms with Crippen molar-refractivity contribution in [3.05, 3.63) is 29.8 Å². The number of piperazine rings is 1. The molecule has 0 aliphatic carbocycles. The minimum absolute atomic E-state index is 0.327. The van der Waals surface area contributed by atoms with Crippen LogP contribution in [0.5, 0.6) is 0 Å². The van der Waals surface area contributed by atoms with E-state index in [9.17, 15) is 5.11 Å². The zero-order chi connectivity index (χ0) is 14.5. The minimum atomic E-state index is -0.327. The topological polar surface area (TPSA) is 26.7 Å². The monoisotopic (exact) mass is 276 g/mol. The van der Waals surface area contributed by atoms with Gasteiger partial charge in [-0.1, -0.05) is 26.0 Å². The molecular formula is C17H28N2O. The van der Waals surface area contributed by atoms with Gasteiger partial charge >= 0.3 is 0 Å². The SMILES string of the molecule is CCC(C)N1CCN(c2ccc([C@H](O)CC)cc2)CC1. The molecule has 3 heteroatoms. The van der Waals surface area contributed by atoms with E-state index in [4.69, 9.17) is 0 Å². The van der Waals surface area contributed by atoms with Crippen LogP contribution in [0.15, 0.2) is 24.3 Å². The maximum absolute atomic E-state index is 9.83. The average Bonchev–Trinajstić information content (AvgIpc) is 2.53. The van der Waals surface area contributed by atoms with Gasteiger partial charge in [0.2, 0.25) is 0 Å². The van der Waals surface area contributed by atoms with E-state index in [1.54, 1.807) is 0 Å². The molecule has 0 amide bonds. The molecule has 1 aliphatic heterocycles. The summed E-state index contributed by atoms with van der Waals surface area (Å²) in [7, 11) is 0. The zero-order valence-corrected chi connectivity index (χ0v) is 13.0. The number of rotatable bonds is 5. The average molecular weight is 276 g/mol. The van der Waals surface area contributed by atoms with Gasteiger partial charge in [0.05, 0.1) is 6.10 Å². The first-order valence-electron chi connectivity index (χ1n) is 7.92. The quantitative estimate of drug-likeness (QED) is 0.895. The number of aliphatic hydroxyl groups excluding tert-OH is 1. The number of hydrogen-bond acceptors (Lipinski definition) is 3. The molecule has 2 rings (SSSR count). The number of anilines is 1. The van der Waals surface area contributed by atoms with Crippen LogP contribution in [0.25, 0.3) is 0 Å². The summed E-state index contributed by atoms with van der Waals surface area (Å²) in [4.78, 5) is 5.02. The molecule has 0 bridgehead atoms. The van der Waals surface area contributed by atoms with Crippen molar-refractivity contribution in [1.29, 1.82) is 0 Å². The molecule has 2 atom stereocenters. The van der Waals surface area contributed by atoms with Crippen LogP contribution in [-0.4, -0.2) is 42.2 Å². The molecule has 0 aromatic heterocycles. The molecule has 1 fully saturated rings. The molecule has 1 aromatic rings. The summed E-state index contributed by atoms with van der Waals surface area (Å²) in [6.07, 6.45) is 1.67. The van der Waals surface area contributed by atoms with E-state index in [2.05, 4.69) is 47.9 Å². The Morgan fingerprint density at radius 1 is 1.00 bits per heavy atom. The fourth-order valence-electron chi connectivity index (χ4n) is 2.82. The van der Waals surface area contributed by atoms with Gasteiger partial charge in [-0.05, 0) is 37.5 Å². The Kier molecular flexibility index (Phi) is 5.44. The maximum Gasteiger partial charge on any atom is 0.0787 e. The van der Waals surface area contributed by atoms with Gasteiger partial charge in [0.25, 0.3) is 0 Å². The van der Waals surface area contributed by atoms with Crippen molar-refractivity contribution in [3.63, 3.8) is 0 Å². The fraction of sp³-hybridized carbons (Fsp3) is 0.647. The van der Waals surface area contributed by atoms with Gasteiger partial charge in [-0.15, -0.1) is 0 Å². The van der Waals surface area contributed by atoms with Crippen LogP contribution in [0.4, 0.5) is 5.69 Å². The van der Waals surface area contributed by atoms with E-state index in [1.807, 2.05) is 6.92 Å². The minimum Gasteiger partial charge on any atom is -0.388 e. The summed E-state index contributed by atoms with van der Waals surface area (Å²) >= 11 is 0. The van der Waals surface area contributed by atoms with Gasteiger partial charge in [0, 0.05) is 37.9 Å². The lowest BCUT2D eigenvalue weighted by atomic mass is 10.1. The van der Waals surface area contributed by atoms with Crippen LogP contribution in [0.2, 0.25) is 0 Å². The molecule has 20 heavy (non-hydrogen) atoms. The van der Waals surface area contributed by atoms with Crippen molar-refractivity contribution in [2.75, 3.05) is 31.1 Å². The zero-order valence-electron chi connectivity index (χ0n) is 13.0. The van der Waals surface area contributed by atoms with E-state index >= 15 is 0 Å². The Hall–Kier alpha value is -1.06. The van der Waals surface area contributed by atoms with Crippen molar-refractivity contribution >= 4 is 5.69 Å². The lowest BCUT2D eigenvalue weighted by Crippen LogP contribution is -2.49. The molecule has 1 saturated heterocycles.